The summed E-state index contributed by atoms with van der Waals surface area (Å²) < 4.78 is 28.9. The lowest BCUT2D eigenvalue weighted by Gasteiger charge is -2.25. The molecule has 3 aromatic rings. The maximum Gasteiger partial charge on any atom is 0.260 e. The predicted molar refractivity (Wildman–Crippen MR) is 154 cm³/mol. The molecule has 0 saturated heterocycles. The zero-order valence-electron chi connectivity index (χ0n) is 23.0. The molecule has 0 aliphatic rings. The minimum Gasteiger partial charge on any atom is -0.302 e. The molecule has 202 valence electrons. The minimum absolute atomic E-state index is 0.177. The summed E-state index contributed by atoms with van der Waals surface area (Å²) in [6.45, 7) is 16.2. The number of rotatable bonds is 13. The molecule has 3 rings (SSSR count). The Morgan fingerprint density at radius 3 is 2.08 bits per heavy atom. The van der Waals surface area contributed by atoms with Gasteiger partial charge in [-0.15, -0.1) is 0 Å². The zero-order chi connectivity index (χ0) is 27.2. The summed E-state index contributed by atoms with van der Waals surface area (Å²) in [7, 11) is -3.60. The second-order valence-corrected chi connectivity index (χ2v) is 12.3. The number of likely N-dealkylation sites (N-methyl/N-ethyl adjacent to an activating group) is 1. The molecule has 7 nitrogen and oxygen atoms in total. The molecule has 1 heterocycles. The van der Waals surface area contributed by atoms with Gasteiger partial charge in [-0.3, -0.25) is 9.69 Å². The molecule has 0 bridgehead atoms. The molecule has 9 heteroatoms. The number of thiazole rings is 1. The monoisotopic (exact) mass is 544 g/mol. The summed E-state index contributed by atoms with van der Waals surface area (Å²) in [4.78, 5) is 22.9. The van der Waals surface area contributed by atoms with Crippen LogP contribution in [0.2, 0.25) is 0 Å². The smallest absolute Gasteiger partial charge is 0.260 e. The Hall–Kier alpha value is -2.33. The van der Waals surface area contributed by atoms with E-state index >= 15 is 0 Å². The summed E-state index contributed by atoms with van der Waals surface area (Å²) in [6, 6.07) is 10.6. The highest BCUT2D eigenvalue weighted by Gasteiger charge is 2.26. The first-order valence-corrected chi connectivity index (χ1v) is 15.4. The molecular weight excluding hydrogens is 504 g/mol. The zero-order valence-corrected chi connectivity index (χ0v) is 24.6. The predicted octanol–water partition coefficient (Wildman–Crippen LogP) is 5.71. The van der Waals surface area contributed by atoms with E-state index in [0.29, 0.717) is 30.3 Å². The third-order valence-electron chi connectivity index (χ3n) is 6.51. The van der Waals surface area contributed by atoms with Crippen LogP contribution in [0.1, 0.15) is 62.0 Å². The van der Waals surface area contributed by atoms with E-state index in [1.54, 1.807) is 29.2 Å². The van der Waals surface area contributed by atoms with Crippen molar-refractivity contribution >= 4 is 42.6 Å². The first-order chi connectivity index (χ1) is 17.7. The van der Waals surface area contributed by atoms with Crippen molar-refractivity contribution in [2.75, 3.05) is 44.2 Å². The fourth-order valence-corrected chi connectivity index (χ4v) is 7.26. The molecule has 1 amide bonds. The number of hydrogen-bond donors (Lipinski definition) is 0. The first-order valence-electron chi connectivity index (χ1n) is 13.2. The molecule has 0 aliphatic carbocycles. The normalized spacial score (nSPS) is 12.1. The van der Waals surface area contributed by atoms with Crippen LogP contribution in [-0.4, -0.2) is 67.8 Å². The number of amides is 1. The largest absolute Gasteiger partial charge is 0.302 e. The molecule has 37 heavy (non-hydrogen) atoms. The maximum absolute atomic E-state index is 13.8. The van der Waals surface area contributed by atoms with Gasteiger partial charge in [0.05, 0.1) is 15.1 Å². The van der Waals surface area contributed by atoms with E-state index in [1.165, 1.54) is 21.2 Å². The Labute approximate surface area is 226 Å². The maximum atomic E-state index is 13.8. The fourth-order valence-electron chi connectivity index (χ4n) is 4.47. The molecular formula is C28H40N4O3S2. The van der Waals surface area contributed by atoms with Crippen molar-refractivity contribution in [3.8, 4) is 0 Å². The van der Waals surface area contributed by atoms with Gasteiger partial charge in [-0.25, -0.2) is 13.4 Å². The van der Waals surface area contributed by atoms with Crippen LogP contribution in [0.4, 0.5) is 5.13 Å². The molecule has 0 saturated carbocycles. The van der Waals surface area contributed by atoms with E-state index in [0.717, 1.165) is 48.3 Å². The standard InChI is InChI=1S/C28H40N4O3S2/c1-7-15-31(16-8-2)37(34,35)24-13-11-23(12-14-24)27(33)32(18-17-30(9-3)10-4)28-29-26-22(6)19-21(5)20-25(26)36-28/h11-14,19-20H,7-10,15-18H2,1-6H3. The number of anilines is 1. The number of carbonyl (C=O) groups excluding carboxylic acids is 1. The van der Waals surface area contributed by atoms with Crippen LogP contribution in [-0.2, 0) is 10.0 Å². The van der Waals surface area contributed by atoms with Gasteiger partial charge in [0.2, 0.25) is 10.0 Å². The number of hydrogen-bond acceptors (Lipinski definition) is 6. The van der Waals surface area contributed by atoms with Gasteiger partial charge < -0.3 is 4.90 Å². The Bertz CT molecular complexity index is 1290. The highest BCUT2D eigenvalue weighted by atomic mass is 32.2. The molecule has 0 fully saturated rings. The van der Waals surface area contributed by atoms with E-state index in [4.69, 9.17) is 4.98 Å². The summed E-state index contributed by atoms with van der Waals surface area (Å²) in [5, 5.41) is 0.662. The fraction of sp³-hybridized carbons (Fsp3) is 0.500. The minimum atomic E-state index is -3.60. The van der Waals surface area contributed by atoms with Crippen LogP contribution < -0.4 is 4.90 Å². The average Bonchev–Trinajstić information content (AvgIpc) is 3.30. The summed E-state index contributed by atoms with van der Waals surface area (Å²) in [5.41, 5.74) is 3.62. The van der Waals surface area contributed by atoms with E-state index in [-0.39, 0.29) is 10.8 Å². The van der Waals surface area contributed by atoms with Gasteiger partial charge in [0.1, 0.15) is 0 Å². The van der Waals surface area contributed by atoms with Crippen LogP contribution in [0.5, 0.6) is 0 Å². The SMILES string of the molecule is CCCN(CCC)S(=O)(=O)c1ccc(C(=O)N(CCN(CC)CC)c2nc3c(C)cc(C)cc3s2)cc1. The summed E-state index contributed by atoms with van der Waals surface area (Å²) >= 11 is 1.52. The molecule has 1 aromatic heterocycles. The number of aromatic nitrogens is 1. The van der Waals surface area contributed by atoms with Gasteiger partial charge in [0, 0.05) is 31.7 Å². The van der Waals surface area contributed by atoms with Crippen molar-refractivity contribution in [3.63, 3.8) is 0 Å². The Morgan fingerprint density at radius 1 is 0.892 bits per heavy atom. The summed E-state index contributed by atoms with van der Waals surface area (Å²) in [5.74, 6) is -0.177. The van der Waals surface area contributed by atoms with E-state index < -0.39 is 10.0 Å². The van der Waals surface area contributed by atoms with Gasteiger partial charge >= 0.3 is 0 Å². The van der Waals surface area contributed by atoms with Crippen LogP contribution in [0.25, 0.3) is 10.2 Å². The Morgan fingerprint density at radius 2 is 1.51 bits per heavy atom. The van der Waals surface area contributed by atoms with Gasteiger partial charge in [-0.05, 0) is 81.2 Å². The number of fused-ring (bicyclic) bond motifs is 1. The number of aryl methyl sites for hydroxylation is 2. The van der Waals surface area contributed by atoms with Gasteiger partial charge in [0.15, 0.2) is 5.13 Å². The second kappa shape index (κ2) is 13.0. The van der Waals surface area contributed by atoms with Crippen molar-refractivity contribution in [1.82, 2.24) is 14.2 Å². The van der Waals surface area contributed by atoms with Crippen molar-refractivity contribution < 1.29 is 13.2 Å². The third-order valence-corrected chi connectivity index (χ3v) is 9.45. The quantitative estimate of drug-likeness (QED) is 0.275. The van der Waals surface area contributed by atoms with E-state index in [2.05, 4.69) is 37.8 Å². The highest BCUT2D eigenvalue weighted by Crippen LogP contribution is 2.32. The Balaban J connectivity index is 1.95. The molecule has 0 unspecified atom stereocenters. The van der Waals surface area contributed by atoms with Gasteiger partial charge in [0.25, 0.3) is 5.91 Å². The Kier molecular flexibility index (Phi) is 10.2. The third kappa shape index (κ3) is 6.76. The lowest BCUT2D eigenvalue weighted by atomic mass is 10.1. The van der Waals surface area contributed by atoms with Crippen LogP contribution in [0, 0.1) is 13.8 Å². The lowest BCUT2D eigenvalue weighted by Crippen LogP contribution is -2.39. The van der Waals surface area contributed by atoms with E-state index in [1.807, 2.05) is 20.8 Å². The molecule has 0 radical (unpaired) electrons. The lowest BCUT2D eigenvalue weighted by molar-refractivity contribution is 0.0983. The second-order valence-electron chi connectivity index (χ2n) is 9.34. The summed E-state index contributed by atoms with van der Waals surface area (Å²) in [6.07, 6.45) is 1.50. The van der Waals surface area contributed by atoms with Crippen molar-refractivity contribution in [3.05, 3.63) is 53.1 Å². The van der Waals surface area contributed by atoms with Crippen molar-refractivity contribution in [2.24, 2.45) is 0 Å². The number of nitrogens with zero attached hydrogens (tertiary/aromatic N) is 4. The van der Waals surface area contributed by atoms with Gasteiger partial charge in [-0.2, -0.15) is 4.31 Å². The topological polar surface area (TPSA) is 73.8 Å². The number of carbonyl (C=O) groups is 1. The van der Waals surface area contributed by atoms with E-state index in [9.17, 15) is 13.2 Å². The molecule has 0 N–H and O–H groups in total. The number of benzene rings is 2. The van der Waals surface area contributed by atoms with Crippen molar-refractivity contribution in [2.45, 2.75) is 59.3 Å². The number of sulfonamides is 1. The first kappa shape index (κ1) is 29.2. The van der Waals surface area contributed by atoms with Gasteiger partial charge in [-0.1, -0.05) is 45.1 Å². The molecule has 0 spiro atoms. The van der Waals surface area contributed by atoms with Crippen LogP contribution in [0.15, 0.2) is 41.3 Å². The molecule has 0 atom stereocenters. The molecule has 2 aromatic carbocycles. The molecule has 0 aliphatic heterocycles. The van der Waals surface area contributed by atoms with Crippen LogP contribution >= 0.6 is 11.3 Å². The highest BCUT2D eigenvalue weighted by molar-refractivity contribution is 7.89. The van der Waals surface area contributed by atoms with Crippen LogP contribution in [0.3, 0.4) is 0 Å². The van der Waals surface area contributed by atoms with Crippen molar-refractivity contribution in [1.29, 1.82) is 0 Å². The average molecular weight is 545 g/mol.